The van der Waals surface area contributed by atoms with Crippen molar-refractivity contribution in [2.24, 2.45) is 11.8 Å². The minimum absolute atomic E-state index is 0.365. The van der Waals surface area contributed by atoms with E-state index >= 15 is 0 Å². The normalized spacial score (nSPS) is 27.4. The molecule has 0 heterocycles. The Hall–Kier alpha value is -0.830. The Morgan fingerprint density at radius 3 is 2.18 bits per heavy atom. The first-order valence-electron chi connectivity index (χ1n) is 8.60. The zero-order valence-electron chi connectivity index (χ0n) is 14.1. The van der Waals surface area contributed by atoms with Gasteiger partial charge in [0.05, 0.1) is 0 Å². The van der Waals surface area contributed by atoms with Crippen LogP contribution >= 0.6 is 0 Å². The summed E-state index contributed by atoms with van der Waals surface area (Å²) in [5, 5.41) is 9.36. The number of benzene rings is 1. The summed E-state index contributed by atoms with van der Waals surface area (Å²) in [6.07, 6.45) is 9.84. The number of phenolic OH excluding ortho intramolecular Hbond substituents is 1. The molecule has 0 bridgehead atoms. The molecule has 0 radical (unpaired) electrons. The Balaban J connectivity index is 0.000000162. The van der Waals surface area contributed by atoms with Crippen molar-refractivity contribution in [3.63, 3.8) is 0 Å². The van der Waals surface area contributed by atoms with Gasteiger partial charge in [0, 0.05) is 22.3 Å². The molecule has 2 aliphatic carbocycles. The highest BCUT2D eigenvalue weighted by atomic mass is 32.2. The van der Waals surface area contributed by atoms with Gasteiger partial charge in [-0.15, -0.1) is 0 Å². The van der Waals surface area contributed by atoms with Gasteiger partial charge in [0.2, 0.25) is 0 Å². The topological polar surface area (TPSA) is 37.3 Å². The lowest BCUT2D eigenvalue weighted by Gasteiger charge is -2.32. The van der Waals surface area contributed by atoms with Crippen molar-refractivity contribution in [3.05, 3.63) is 29.8 Å². The molecule has 0 saturated heterocycles. The number of phenols is 1. The lowest BCUT2D eigenvalue weighted by atomic mass is 9.79. The quantitative estimate of drug-likeness (QED) is 0.864. The van der Waals surface area contributed by atoms with Gasteiger partial charge in [-0.3, -0.25) is 4.21 Å². The fourth-order valence-corrected chi connectivity index (χ4v) is 4.35. The molecule has 1 aromatic carbocycles. The molecule has 2 nitrogen and oxygen atoms in total. The molecule has 3 unspecified atom stereocenters. The van der Waals surface area contributed by atoms with Gasteiger partial charge in [0.25, 0.3) is 0 Å². The smallest absolute Gasteiger partial charge is 0.115 e. The van der Waals surface area contributed by atoms with Crippen LogP contribution in [-0.4, -0.2) is 20.8 Å². The van der Waals surface area contributed by atoms with Gasteiger partial charge < -0.3 is 5.11 Å². The SMILES string of the molecule is CC(C1CCCC[C@@H]1C)S(C)=O.Oc1ccc(C2CC2)cc1. The number of aromatic hydroxyl groups is 1. The second-order valence-corrected chi connectivity index (χ2v) is 8.74. The molecule has 1 aromatic rings. The van der Waals surface area contributed by atoms with Gasteiger partial charge in [-0.05, 0) is 54.7 Å². The van der Waals surface area contributed by atoms with Crippen LogP contribution in [0, 0.1) is 11.8 Å². The Morgan fingerprint density at radius 1 is 1.09 bits per heavy atom. The highest BCUT2D eigenvalue weighted by molar-refractivity contribution is 7.84. The van der Waals surface area contributed by atoms with Crippen LogP contribution in [0.2, 0.25) is 0 Å². The number of hydrogen-bond donors (Lipinski definition) is 1. The van der Waals surface area contributed by atoms with Crippen LogP contribution in [0.1, 0.15) is 63.9 Å². The summed E-state index contributed by atoms with van der Waals surface area (Å²) in [7, 11) is -0.629. The van der Waals surface area contributed by atoms with E-state index in [-0.39, 0.29) is 0 Å². The van der Waals surface area contributed by atoms with Gasteiger partial charge in [0.1, 0.15) is 5.75 Å². The molecule has 22 heavy (non-hydrogen) atoms. The average molecular weight is 323 g/mol. The van der Waals surface area contributed by atoms with Gasteiger partial charge in [-0.1, -0.05) is 45.2 Å². The van der Waals surface area contributed by atoms with Crippen molar-refractivity contribution < 1.29 is 9.32 Å². The molecule has 2 fully saturated rings. The molecule has 0 spiro atoms. The number of hydrogen-bond acceptors (Lipinski definition) is 2. The predicted molar refractivity (Wildman–Crippen MR) is 94.7 cm³/mol. The van der Waals surface area contributed by atoms with Gasteiger partial charge in [-0.2, -0.15) is 0 Å². The summed E-state index contributed by atoms with van der Waals surface area (Å²) in [4.78, 5) is 0. The maximum Gasteiger partial charge on any atom is 0.115 e. The summed E-state index contributed by atoms with van der Waals surface area (Å²) in [5.74, 6) is 2.66. The molecule has 3 heteroatoms. The first kappa shape index (κ1) is 17.5. The van der Waals surface area contributed by atoms with E-state index in [1.54, 1.807) is 12.1 Å². The molecule has 4 atom stereocenters. The summed E-state index contributed by atoms with van der Waals surface area (Å²) in [6, 6.07) is 7.53. The third kappa shape index (κ3) is 5.12. The van der Waals surface area contributed by atoms with E-state index in [2.05, 4.69) is 13.8 Å². The van der Waals surface area contributed by atoms with E-state index in [9.17, 15) is 4.21 Å². The maximum atomic E-state index is 11.3. The molecule has 0 aliphatic heterocycles. The molecule has 0 amide bonds. The monoisotopic (exact) mass is 322 g/mol. The Kier molecular flexibility index (Phi) is 6.49. The Labute approximate surface area is 137 Å². The standard InChI is InChI=1S/C10H20OS.C9H10O/c1-8-6-4-5-7-10(8)9(2)12(3)11;10-9-5-3-8(4-6-9)7-1-2-7/h8-10H,4-7H2,1-3H3;3-7,10H,1-2H2/t8-,9?,10?,12?;/m0./s1. The van der Waals surface area contributed by atoms with Crippen LogP contribution < -0.4 is 0 Å². The summed E-state index contributed by atoms with van der Waals surface area (Å²) in [5.41, 5.74) is 1.37. The van der Waals surface area contributed by atoms with Crippen molar-refractivity contribution in [3.8, 4) is 5.75 Å². The van der Waals surface area contributed by atoms with E-state index in [0.29, 0.717) is 16.9 Å². The minimum atomic E-state index is -0.629. The first-order chi connectivity index (χ1) is 10.5. The van der Waals surface area contributed by atoms with Crippen molar-refractivity contribution in [2.45, 2.75) is 63.5 Å². The summed E-state index contributed by atoms with van der Waals surface area (Å²) in [6.45, 7) is 4.45. The third-order valence-corrected chi connectivity index (χ3v) is 6.64. The van der Waals surface area contributed by atoms with Gasteiger partial charge in [0.15, 0.2) is 0 Å². The Morgan fingerprint density at radius 2 is 1.68 bits per heavy atom. The maximum absolute atomic E-state index is 11.3. The van der Waals surface area contributed by atoms with Crippen LogP contribution in [0.15, 0.2) is 24.3 Å². The van der Waals surface area contributed by atoms with Gasteiger partial charge >= 0.3 is 0 Å². The van der Waals surface area contributed by atoms with Gasteiger partial charge in [-0.25, -0.2) is 0 Å². The van der Waals surface area contributed by atoms with Crippen LogP contribution in [0.3, 0.4) is 0 Å². The van der Waals surface area contributed by atoms with E-state index in [0.717, 1.165) is 11.8 Å². The Bertz CT molecular complexity index is 479. The van der Waals surface area contributed by atoms with Crippen molar-refractivity contribution >= 4 is 10.8 Å². The molecule has 124 valence electrons. The first-order valence-corrected chi connectivity index (χ1v) is 10.2. The van der Waals surface area contributed by atoms with Crippen LogP contribution in [0.4, 0.5) is 0 Å². The molecule has 1 N–H and O–H groups in total. The van der Waals surface area contributed by atoms with Crippen molar-refractivity contribution in [2.75, 3.05) is 6.26 Å². The zero-order valence-corrected chi connectivity index (χ0v) is 14.9. The zero-order chi connectivity index (χ0) is 16.1. The predicted octanol–water partition coefficient (Wildman–Crippen LogP) is 4.85. The lowest BCUT2D eigenvalue weighted by molar-refractivity contribution is 0.253. The second-order valence-electron chi connectivity index (χ2n) is 7.00. The largest absolute Gasteiger partial charge is 0.508 e. The minimum Gasteiger partial charge on any atom is -0.508 e. The molecule has 2 aliphatic rings. The van der Waals surface area contributed by atoms with Crippen molar-refractivity contribution in [1.82, 2.24) is 0 Å². The molecular formula is C19H30O2S. The highest BCUT2D eigenvalue weighted by Crippen LogP contribution is 2.40. The van der Waals surface area contributed by atoms with Crippen LogP contribution in [0.25, 0.3) is 0 Å². The summed E-state index contributed by atoms with van der Waals surface area (Å²) < 4.78 is 11.3. The second kappa shape index (κ2) is 8.14. The molecule has 2 saturated carbocycles. The molecule has 3 rings (SSSR count). The molecular weight excluding hydrogens is 292 g/mol. The number of rotatable bonds is 3. The highest BCUT2D eigenvalue weighted by Gasteiger charge is 2.28. The van der Waals surface area contributed by atoms with Crippen molar-refractivity contribution in [1.29, 1.82) is 0 Å². The lowest BCUT2D eigenvalue weighted by Crippen LogP contribution is -2.29. The van der Waals surface area contributed by atoms with E-state index < -0.39 is 10.8 Å². The fraction of sp³-hybridized carbons (Fsp3) is 0.684. The van der Waals surface area contributed by atoms with E-state index in [1.807, 2.05) is 18.4 Å². The van der Waals surface area contributed by atoms with Crippen LogP contribution in [-0.2, 0) is 10.8 Å². The van der Waals surface area contributed by atoms with E-state index in [1.165, 1.54) is 44.1 Å². The third-order valence-electron chi connectivity index (χ3n) is 5.25. The average Bonchev–Trinajstić information content (AvgIpc) is 3.33. The summed E-state index contributed by atoms with van der Waals surface area (Å²) >= 11 is 0. The fourth-order valence-electron chi connectivity index (χ4n) is 3.45. The van der Waals surface area contributed by atoms with E-state index in [4.69, 9.17) is 5.11 Å². The molecule has 0 aromatic heterocycles. The van der Waals surface area contributed by atoms with Crippen LogP contribution in [0.5, 0.6) is 5.75 Å².